The second-order valence-electron chi connectivity index (χ2n) is 2.78. The fourth-order valence-corrected chi connectivity index (χ4v) is 1.03. The van der Waals surface area contributed by atoms with Crippen LogP contribution in [0.15, 0.2) is 18.2 Å². The van der Waals surface area contributed by atoms with Gasteiger partial charge in [-0.1, -0.05) is 0 Å². The molecule has 15 heavy (non-hydrogen) atoms. The van der Waals surface area contributed by atoms with E-state index in [1.807, 2.05) is 0 Å². The quantitative estimate of drug-likeness (QED) is 0.572. The Bertz CT molecular complexity index is 383. The number of hydrogen-bond donors (Lipinski definition) is 1. The highest BCUT2D eigenvalue weighted by molar-refractivity contribution is 5.99. The van der Waals surface area contributed by atoms with Crippen molar-refractivity contribution in [3.05, 3.63) is 29.3 Å². The van der Waals surface area contributed by atoms with E-state index in [0.29, 0.717) is 5.56 Å². The van der Waals surface area contributed by atoms with E-state index in [1.54, 1.807) is 0 Å². The minimum absolute atomic E-state index is 0. The molecule has 1 aromatic carbocycles. The Balaban J connectivity index is 0.00000196. The first-order chi connectivity index (χ1) is 6.56. The Morgan fingerprint density at radius 1 is 1.33 bits per heavy atom. The van der Waals surface area contributed by atoms with Gasteiger partial charge in [-0.3, -0.25) is 4.79 Å². The van der Waals surface area contributed by atoms with Crippen LogP contribution in [0.2, 0.25) is 0 Å². The number of methoxy groups -OCH3 is 1. The maximum absolute atomic E-state index is 11.1. The summed E-state index contributed by atoms with van der Waals surface area (Å²) in [5.74, 6) is -1.03. The van der Waals surface area contributed by atoms with E-state index in [0.717, 1.165) is 0 Å². The van der Waals surface area contributed by atoms with Crippen LogP contribution in [0.25, 0.3) is 0 Å². The summed E-state index contributed by atoms with van der Waals surface area (Å²) in [7, 11) is 1.21. The molecule has 0 atom stereocenters. The lowest BCUT2D eigenvalue weighted by molar-refractivity contribution is 0.0597. The number of ether oxygens (including phenoxy) is 1. The van der Waals surface area contributed by atoms with Crippen molar-refractivity contribution >= 4 is 11.8 Å². The van der Waals surface area contributed by atoms with Gasteiger partial charge in [-0.2, -0.15) is 0 Å². The fourth-order valence-electron chi connectivity index (χ4n) is 1.03. The number of esters is 1. The number of rotatable bonds is 2. The molecule has 0 aliphatic heterocycles. The Labute approximate surface area is 86.6 Å². The topological polar surface area (TPSA) is 95.1 Å². The molecule has 0 heterocycles. The van der Waals surface area contributed by atoms with Crippen molar-refractivity contribution in [1.82, 2.24) is 0 Å². The van der Waals surface area contributed by atoms with Crippen molar-refractivity contribution in [3.8, 4) is 5.75 Å². The van der Waals surface area contributed by atoms with E-state index in [1.165, 1.54) is 32.2 Å². The third-order valence-corrected chi connectivity index (χ3v) is 1.81. The SMILES string of the molecule is COC(=O)c1cc(C(C)=O)ccc1O.O. The Morgan fingerprint density at radius 2 is 1.93 bits per heavy atom. The highest BCUT2D eigenvalue weighted by atomic mass is 16.5. The molecule has 82 valence electrons. The van der Waals surface area contributed by atoms with E-state index in [-0.39, 0.29) is 22.6 Å². The van der Waals surface area contributed by atoms with Crippen molar-refractivity contribution in [2.24, 2.45) is 0 Å². The molecule has 0 amide bonds. The number of aromatic hydroxyl groups is 1. The average molecular weight is 212 g/mol. The summed E-state index contributed by atoms with van der Waals surface area (Å²) in [6.07, 6.45) is 0. The molecule has 0 saturated heterocycles. The zero-order chi connectivity index (χ0) is 10.7. The molecule has 5 nitrogen and oxygen atoms in total. The van der Waals surface area contributed by atoms with Gasteiger partial charge in [0, 0.05) is 5.56 Å². The summed E-state index contributed by atoms with van der Waals surface area (Å²) >= 11 is 0. The van der Waals surface area contributed by atoms with Crippen LogP contribution in [-0.4, -0.2) is 29.4 Å². The lowest BCUT2D eigenvalue weighted by Crippen LogP contribution is -2.03. The van der Waals surface area contributed by atoms with Crippen molar-refractivity contribution in [3.63, 3.8) is 0 Å². The summed E-state index contributed by atoms with van der Waals surface area (Å²) in [4.78, 5) is 22.1. The van der Waals surface area contributed by atoms with Crippen LogP contribution in [0.4, 0.5) is 0 Å². The lowest BCUT2D eigenvalue weighted by atomic mass is 10.1. The molecule has 0 unspecified atom stereocenters. The molecular weight excluding hydrogens is 200 g/mol. The maximum atomic E-state index is 11.1. The number of hydrogen-bond acceptors (Lipinski definition) is 4. The number of carbonyl (C=O) groups excluding carboxylic acids is 2. The average Bonchev–Trinajstić information content (AvgIpc) is 2.17. The second-order valence-corrected chi connectivity index (χ2v) is 2.78. The largest absolute Gasteiger partial charge is 0.507 e. The first-order valence-corrected chi connectivity index (χ1v) is 3.98. The van der Waals surface area contributed by atoms with Gasteiger partial charge in [0.05, 0.1) is 7.11 Å². The third-order valence-electron chi connectivity index (χ3n) is 1.81. The van der Waals surface area contributed by atoms with E-state index in [4.69, 9.17) is 0 Å². The molecule has 0 radical (unpaired) electrons. The molecule has 0 saturated carbocycles. The monoisotopic (exact) mass is 212 g/mol. The Hall–Kier alpha value is -1.88. The van der Waals surface area contributed by atoms with Gasteiger partial charge < -0.3 is 15.3 Å². The molecule has 3 N–H and O–H groups in total. The van der Waals surface area contributed by atoms with E-state index in [2.05, 4.69) is 4.74 Å². The first-order valence-electron chi connectivity index (χ1n) is 3.98. The fraction of sp³-hybridized carbons (Fsp3) is 0.200. The molecule has 0 aromatic heterocycles. The summed E-state index contributed by atoms with van der Waals surface area (Å²) in [5.41, 5.74) is 0.364. The van der Waals surface area contributed by atoms with Gasteiger partial charge >= 0.3 is 5.97 Å². The van der Waals surface area contributed by atoms with E-state index in [9.17, 15) is 14.7 Å². The summed E-state index contributed by atoms with van der Waals surface area (Å²) in [6, 6.07) is 4.05. The van der Waals surface area contributed by atoms with E-state index >= 15 is 0 Å². The van der Waals surface area contributed by atoms with Gasteiger partial charge in [0.15, 0.2) is 5.78 Å². The lowest BCUT2D eigenvalue weighted by Gasteiger charge is -2.03. The molecular formula is C10H12O5. The highest BCUT2D eigenvalue weighted by Gasteiger charge is 2.13. The van der Waals surface area contributed by atoms with Gasteiger partial charge in [0.1, 0.15) is 11.3 Å². The van der Waals surface area contributed by atoms with Crippen LogP contribution in [0.1, 0.15) is 27.6 Å². The van der Waals surface area contributed by atoms with Gasteiger partial charge in [-0.25, -0.2) is 4.79 Å². The third kappa shape index (κ3) is 2.78. The molecule has 0 aliphatic carbocycles. The van der Waals surface area contributed by atoms with Gasteiger partial charge in [0.2, 0.25) is 0 Å². The van der Waals surface area contributed by atoms with Crippen molar-refractivity contribution in [1.29, 1.82) is 0 Å². The van der Waals surface area contributed by atoms with Crippen molar-refractivity contribution in [2.45, 2.75) is 6.92 Å². The standard InChI is InChI=1S/C10H10O4.H2O/c1-6(11)7-3-4-9(12)8(5-7)10(13)14-2;/h3-5,12H,1-2H3;1H2. The van der Waals surface area contributed by atoms with Crippen molar-refractivity contribution < 1.29 is 24.9 Å². The van der Waals surface area contributed by atoms with E-state index < -0.39 is 5.97 Å². The summed E-state index contributed by atoms with van der Waals surface area (Å²) in [6.45, 7) is 1.38. The second kappa shape index (κ2) is 5.11. The molecule has 5 heteroatoms. The maximum Gasteiger partial charge on any atom is 0.341 e. The van der Waals surface area contributed by atoms with Crippen LogP contribution in [-0.2, 0) is 4.74 Å². The zero-order valence-electron chi connectivity index (χ0n) is 8.40. The Kier molecular flexibility index (Phi) is 4.47. The van der Waals surface area contributed by atoms with Gasteiger partial charge in [-0.15, -0.1) is 0 Å². The number of Topliss-reactive ketones (excluding diaryl/α,β-unsaturated/α-hetero) is 1. The molecule has 0 bridgehead atoms. The Morgan fingerprint density at radius 3 is 2.40 bits per heavy atom. The molecule has 0 spiro atoms. The van der Waals surface area contributed by atoms with Gasteiger partial charge in [0.25, 0.3) is 0 Å². The van der Waals surface area contributed by atoms with Crippen LogP contribution in [0.5, 0.6) is 5.75 Å². The van der Waals surface area contributed by atoms with Crippen LogP contribution in [0, 0.1) is 0 Å². The van der Waals surface area contributed by atoms with Crippen LogP contribution < -0.4 is 0 Å². The smallest absolute Gasteiger partial charge is 0.341 e. The highest BCUT2D eigenvalue weighted by Crippen LogP contribution is 2.19. The number of carbonyl (C=O) groups is 2. The number of phenols is 1. The van der Waals surface area contributed by atoms with Gasteiger partial charge in [-0.05, 0) is 25.1 Å². The molecule has 0 aliphatic rings. The molecule has 1 aromatic rings. The van der Waals surface area contributed by atoms with Crippen molar-refractivity contribution in [2.75, 3.05) is 7.11 Å². The van der Waals surface area contributed by atoms with Crippen LogP contribution in [0.3, 0.4) is 0 Å². The summed E-state index contributed by atoms with van der Waals surface area (Å²) in [5, 5.41) is 9.31. The predicted molar refractivity (Wildman–Crippen MR) is 53.1 cm³/mol. The number of benzene rings is 1. The zero-order valence-corrected chi connectivity index (χ0v) is 8.40. The summed E-state index contributed by atoms with van der Waals surface area (Å²) < 4.78 is 4.44. The minimum atomic E-state index is -0.661. The first kappa shape index (κ1) is 13.1. The minimum Gasteiger partial charge on any atom is -0.507 e. The van der Waals surface area contributed by atoms with Crippen LogP contribution >= 0.6 is 0 Å². The number of phenolic OH excluding ortho intramolecular Hbond substituents is 1. The predicted octanol–water partition coefficient (Wildman–Crippen LogP) is 0.557. The normalized spacial score (nSPS) is 8.93. The number of ketones is 1. The molecule has 1 rings (SSSR count). The molecule has 0 fully saturated rings.